The topological polar surface area (TPSA) is 61.0 Å². The van der Waals surface area contributed by atoms with Crippen molar-refractivity contribution in [3.63, 3.8) is 0 Å². The van der Waals surface area contributed by atoms with Gasteiger partial charge in [0.2, 0.25) is 17.6 Å². The number of rotatable bonds is 4. The molecular weight excluding hydrogens is 302 g/mol. The molecule has 1 fully saturated rings. The monoisotopic (exact) mass is 323 g/mol. The minimum Gasteiger partial charge on any atom is -0.477 e. The second-order valence-corrected chi connectivity index (χ2v) is 6.26. The third-order valence-corrected chi connectivity index (χ3v) is 4.61. The predicted molar refractivity (Wildman–Crippen MR) is 92.0 cm³/mol. The first-order valence-corrected chi connectivity index (χ1v) is 8.71. The quantitative estimate of drug-likeness (QED) is 0.694. The number of pyridine rings is 1. The zero-order valence-electron chi connectivity index (χ0n) is 13.9. The van der Waals surface area contributed by atoms with Gasteiger partial charge in [-0.25, -0.2) is 4.98 Å². The maximum atomic E-state index is 5.72. The molecule has 124 valence electrons. The SMILES string of the molecule is CCOc1nc2ccccc2cc1-c1noc(C2CCCCC2)n1. The molecule has 5 heteroatoms. The van der Waals surface area contributed by atoms with Crippen LogP contribution >= 0.6 is 0 Å². The summed E-state index contributed by atoms with van der Waals surface area (Å²) in [7, 11) is 0. The minimum absolute atomic E-state index is 0.393. The van der Waals surface area contributed by atoms with Crippen LogP contribution in [0.15, 0.2) is 34.9 Å². The second-order valence-electron chi connectivity index (χ2n) is 6.26. The summed E-state index contributed by atoms with van der Waals surface area (Å²) in [5, 5.41) is 5.25. The molecule has 0 bridgehead atoms. The van der Waals surface area contributed by atoms with Crippen LogP contribution in [0.3, 0.4) is 0 Å². The first-order chi connectivity index (χ1) is 11.8. The molecule has 0 saturated heterocycles. The summed E-state index contributed by atoms with van der Waals surface area (Å²) >= 11 is 0. The van der Waals surface area contributed by atoms with Gasteiger partial charge in [0.25, 0.3) is 0 Å². The fourth-order valence-electron chi connectivity index (χ4n) is 3.37. The molecule has 0 unspecified atom stereocenters. The lowest BCUT2D eigenvalue weighted by Gasteiger charge is -2.17. The molecule has 0 spiro atoms. The second kappa shape index (κ2) is 6.59. The Labute approximate surface area is 141 Å². The van der Waals surface area contributed by atoms with Gasteiger partial charge >= 0.3 is 0 Å². The Bertz CT molecular complexity index is 837. The van der Waals surface area contributed by atoms with Crippen LogP contribution in [-0.4, -0.2) is 21.7 Å². The fourth-order valence-corrected chi connectivity index (χ4v) is 3.37. The Hall–Kier alpha value is -2.43. The summed E-state index contributed by atoms with van der Waals surface area (Å²) in [5.41, 5.74) is 1.70. The van der Waals surface area contributed by atoms with Crippen LogP contribution in [0.5, 0.6) is 5.88 Å². The molecule has 5 nitrogen and oxygen atoms in total. The fraction of sp³-hybridized carbons (Fsp3) is 0.421. The Morgan fingerprint density at radius 1 is 1.12 bits per heavy atom. The molecule has 0 amide bonds. The van der Waals surface area contributed by atoms with Crippen LogP contribution in [-0.2, 0) is 0 Å². The summed E-state index contributed by atoms with van der Waals surface area (Å²) in [5.74, 6) is 2.27. The number of hydrogen-bond acceptors (Lipinski definition) is 5. The van der Waals surface area contributed by atoms with Crippen molar-refractivity contribution in [2.45, 2.75) is 44.9 Å². The largest absolute Gasteiger partial charge is 0.477 e. The van der Waals surface area contributed by atoms with Gasteiger partial charge in [-0.3, -0.25) is 0 Å². The Kier molecular flexibility index (Phi) is 4.15. The standard InChI is InChI=1S/C19H21N3O2/c1-2-23-19-15(12-14-10-6-7-11-16(14)20-19)17-21-18(24-22-17)13-8-4-3-5-9-13/h6-7,10-13H,2-5,8-9H2,1H3. The molecule has 1 aromatic carbocycles. The highest BCUT2D eigenvalue weighted by Gasteiger charge is 2.23. The highest BCUT2D eigenvalue weighted by Crippen LogP contribution is 2.34. The van der Waals surface area contributed by atoms with Crippen LogP contribution in [0, 0.1) is 0 Å². The number of nitrogens with zero attached hydrogens (tertiary/aromatic N) is 3. The molecule has 1 saturated carbocycles. The lowest BCUT2D eigenvalue weighted by molar-refractivity contribution is 0.313. The maximum absolute atomic E-state index is 5.72. The summed E-state index contributed by atoms with van der Waals surface area (Å²) in [6, 6.07) is 10.0. The van der Waals surface area contributed by atoms with Crippen LogP contribution in [0.25, 0.3) is 22.3 Å². The van der Waals surface area contributed by atoms with E-state index in [1.165, 1.54) is 19.3 Å². The predicted octanol–water partition coefficient (Wildman–Crippen LogP) is 4.73. The highest BCUT2D eigenvalue weighted by atomic mass is 16.5. The van der Waals surface area contributed by atoms with E-state index in [0.717, 1.165) is 35.2 Å². The maximum Gasteiger partial charge on any atom is 0.230 e. The van der Waals surface area contributed by atoms with E-state index < -0.39 is 0 Å². The number of benzene rings is 1. The zero-order valence-corrected chi connectivity index (χ0v) is 13.9. The van der Waals surface area contributed by atoms with Crippen molar-refractivity contribution in [3.05, 3.63) is 36.2 Å². The third-order valence-electron chi connectivity index (χ3n) is 4.61. The van der Waals surface area contributed by atoms with Crippen LogP contribution < -0.4 is 4.74 Å². The molecule has 0 atom stereocenters. The minimum atomic E-state index is 0.393. The van der Waals surface area contributed by atoms with Crippen molar-refractivity contribution in [3.8, 4) is 17.3 Å². The van der Waals surface area contributed by atoms with Gasteiger partial charge in [-0.15, -0.1) is 0 Å². The van der Waals surface area contributed by atoms with Gasteiger partial charge in [0.05, 0.1) is 17.7 Å². The number of hydrogen-bond donors (Lipinski definition) is 0. The van der Waals surface area contributed by atoms with Gasteiger partial charge in [-0.1, -0.05) is 42.6 Å². The van der Waals surface area contributed by atoms with E-state index in [9.17, 15) is 0 Å². The summed E-state index contributed by atoms with van der Waals surface area (Å²) < 4.78 is 11.3. The Morgan fingerprint density at radius 2 is 1.96 bits per heavy atom. The molecular formula is C19H21N3O2. The van der Waals surface area contributed by atoms with Crippen molar-refractivity contribution >= 4 is 10.9 Å². The molecule has 1 aliphatic carbocycles. The molecule has 0 radical (unpaired) electrons. The van der Waals surface area contributed by atoms with E-state index >= 15 is 0 Å². The lowest BCUT2D eigenvalue weighted by Crippen LogP contribution is -2.04. The first kappa shape index (κ1) is 15.1. The number of ether oxygens (including phenoxy) is 1. The Morgan fingerprint density at radius 3 is 2.79 bits per heavy atom. The summed E-state index contributed by atoms with van der Waals surface area (Å²) in [6.07, 6.45) is 6.06. The molecule has 4 rings (SSSR count). The van der Waals surface area contributed by atoms with Crippen molar-refractivity contribution < 1.29 is 9.26 Å². The normalized spacial score (nSPS) is 15.7. The molecule has 0 N–H and O–H groups in total. The van der Waals surface area contributed by atoms with E-state index in [2.05, 4.69) is 15.1 Å². The third kappa shape index (κ3) is 2.86. The molecule has 24 heavy (non-hydrogen) atoms. The Balaban J connectivity index is 1.74. The van der Waals surface area contributed by atoms with Gasteiger partial charge in [0, 0.05) is 11.3 Å². The summed E-state index contributed by atoms with van der Waals surface area (Å²) in [4.78, 5) is 9.28. The zero-order chi connectivity index (χ0) is 16.4. The van der Waals surface area contributed by atoms with Gasteiger partial charge in [0.15, 0.2) is 0 Å². The smallest absolute Gasteiger partial charge is 0.230 e. The summed E-state index contributed by atoms with van der Waals surface area (Å²) in [6.45, 7) is 2.50. The van der Waals surface area contributed by atoms with Crippen molar-refractivity contribution in [2.24, 2.45) is 0 Å². The van der Waals surface area contributed by atoms with Crippen molar-refractivity contribution in [1.29, 1.82) is 0 Å². The van der Waals surface area contributed by atoms with Gasteiger partial charge in [-0.05, 0) is 31.9 Å². The number of aromatic nitrogens is 3. The van der Waals surface area contributed by atoms with E-state index in [-0.39, 0.29) is 0 Å². The van der Waals surface area contributed by atoms with Gasteiger partial charge in [-0.2, -0.15) is 4.98 Å². The van der Waals surface area contributed by atoms with Crippen molar-refractivity contribution in [2.75, 3.05) is 6.61 Å². The number of fused-ring (bicyclic) bond motifs is 1. The molecule has 3 aromatic rings. The molecule has 2 aromatic heterocycles. The number of para-hydroxylation sites is 1. The first-order valence-electron chi connectivity index (χ1n) is 8.71. The average molecular weight is 323 g/mol. The molecule has 0 aliphatic heterocycles. The average Bonchev–Trinajstić information content (AvgIpc) is 3.12. The highest BCUT2D eigenvalue weighted by molar-refractivity contribution is 5.84. The van der Waals surface area contributed by atoms with Gasteiger partial charge < -0.3 is 9.26 Å². The van der Waals surface area contributed by atoms with Crippen LogP contribution in [0.4, 0.5) is 0 Å². The van der Waals surface area contributed by atoms with E-state index in [1.54, 1.807) is 0 Å². The van der Waals surface area contributed by atoms with Crippen molar-refractivity contribution in [1.82, 2.24) is 15.1 Å². The molecule has 2 heterocycles. The lowest BCUT2D eigenvalue weighted by atomic mass is 9.89. The van der Waals surface area contributed by atoms with E-state index in [1.807, 2.05) is 37.3 Å². The van der Waals surface area contributed by atoms with Crippen LogP contribution in [0.2, 0.25) is 0 Å². The molecule has 1 aliphatic rings. The van der Waals surface area contributed by atoms with E-state index in [4.69, 9.17) is 9.26 Å². The van der Waals surface area contributed by atoms with E-state index in [0.29, 0.717) is 24.2 Å². The van der Waals surface area contributed by atoms with Crippen LogP contribution in [0.1, 0.15) is 50.8 Å². The van der Waals surface area contributed by atoms with Gasteiger partial charge in [0.1, 0.15) is 0 Å².